The van der Waals surface area contributed by atoms with Crippen molar-refractivity contribution in [2.24, 2.45) is 0 Å². The summed E-state index contributed by atoms with van der Waals surface area (Å²) in [6.45, 7) is 11.3. The molecule has 2 fully saturated rings. The van der Waals surface area contributed by atoms with Crippen molar-refractivity contribution in [2.75, 3.05) is 21.1 Å². The standard InChI is InChI=1S/C12H24N2O2.C11H22N2O2/c1-12(2,3)16-11(15)13-9-6-7-10(8-9)14(4)5;1-11(2,3)15-10(14)13-9-6-5-8(7-9)12-4/h9-10H,6-8H2,1-5H3,(H,13,15);8-9,12H,5-7H2,1-4H3,(H,13,14)/t9-,10+;8-,9+/m01/s1. The van der Waals surface area contributed by atoms with Crippen molar-refractivity contribution >= 4 is 12.2 Å². The first-order valence-corrected chi connectivity index (χ1v) is 11.5. The molecule has 2 saturated carbocycles. The summed E-state index contributed by atoms with van der Waals surface area (Å²) < 4.78 is 10.4. The Labute approximate surface area is 189 Å². The number of amides is 2. The SMILES string of the molecule is CN(C)[C@@H]1CC[C@H](NC(=O)OC(C)(C)C)C1.CN[C@@H]1CC[C@H](NC(=O)OC(C)(C)C)C1. The van der Waals surface area contributed by atoms with E-state index in [9.17, 15) is 9.59 Å². The molecule has 0 aromatic rings. The number of carbonyl (C=O) groups is 2. The number of rotatable bonds is 4. The highest BCUT2D eigenvalue weighted by Crippen LogP contribution is 2.23. The molecule has 0 radical (unpaired) electrons. The minimum atomic E-state index is -0.413. The number of ether oxygens (including phenoxy) is 2. The molecular weight excluding hydrogens is 396 g/mol. The minimum Gasteiger partial charge on any atom is -0.444 e. The van der Waals surface area contributed by atoms with Crippen molar-refractivity contribution in [1.29, 1.82) is 0 Å². The summed E-state index contributed by atoms with van der Waals surface area (Å²) >= 11 is 0. The van der Waals surface area contributed by atoms with Crippen LogP contribution in [0.15, 0.2) is 0 Å². The van der Waals surface area contributed by atoms with E-state index in [2.05, 4.69) is 34.9 Å². The summed E-state index contributed by atoms with van der Waals surface area (Å²) in [4.78, 5) is 25.2. The number of alkyl carbamates (subject to hydrolysis) is 2. The predicted octanol–water partition coefficient (Wildman–Crippen LogP) is 3.65. The van der Waals surface area contributed by atoms with E-state index in [-0.39, 0.29) is 24.3 Å². The van der Waals surface area contributed by atoms with Crippen LogP contribution in [0.1, 0.15) is 80.1 Å². The second-order valence-electron chi connectivity index (χ2n) is 10.9. The number of hydrogen-bond donors (Lipinski definition) is 3. The zero-order valence-electron chi connectivity index (χ0n) is 21.1. The average molecular weight is 443 g/mol. The number of nitrogens with one attached hydrogen (secondary N) is 3. The first-order valence-electron chi connectivity index (χ1n) is 11.5. The molecule has 2 amide bonds. The van der Waals surface area contributed by atoms with Gasteiger partial charge in [0.15, 0.2) is 0 Å². The molecule has 2 aliphatic rings. The fourth-order valence-electron chi connectivity index (χ4n) is 3.88. The largest absolute Gasteiger partial charge is 0.444 e. The van der Waals surface area contributed by atoms with E-state index >= 15 is 0 Å². The van der Waals surface area contributed by atoms with Gasteiger partial charge in [-0.1, -0.05) is 0 Å². The van der Waals surface area contributed by atoms with Crippen molar-refractivity contribution in [3.8, 4) is 0 Å². The summed E-state index contributed by atoms with van der Waals surface area (Å²) in [5, 5.41) is 9.05. The molecule has 0 spiro atoms. The molecule has 3 N–H and O–H groups in total. The van der Waals surface area contributed by atoms with E-state index in [1.807, 2.05) is 48.6 Å². The molecule has 2 rings (SSSR count). The molecule has 0 aliphatic heterocycles. The number of hydrogen-bond acceptors (Lipinski definition) is 6. The second-order valence-corrected chi connectivity index (χ2v) is 10.9. The molecule has 31 heavy (non-hydrogen) atoms. The third-order valence-corrected chi connectivity index (χ3v) is 5.42. The van der Waals surface area contributed by atoms with Crippen molar-refractivity contribution < 1.29 is 19.1 Å². The van der Waals surface area contributed by atoms with Gasteiger partial charge in [0.25, 0.3) is 0 Å². The maximum absolute atomic E-state index is 11.5. The smallest absolute Gasteiger partial charge is 0.407 e. The summed E-state index contributed by atoms with van der Waals surface area (Å²) in [5.41, 5.74) is -0.825. The third kappa shape index (κ3) is 12.2. The summed E-state index contributed by atoms with van der Waals surface area (Å²) in [6, 6.07) is 1.64. The van der Waals surface area contributed by atoms with Crippen LogP contribution in [-0.2, 0) is 9.47 Å². The van der Waals surface area contributed by atoms with Crippen LogP contribution in [0.2, 0.25) is 0 Å². The monoisotopic (exact) mass is 442 g/mol. The molecule has 4 atom stereocenters. The minimum absolute atomic E-state index is 0.261. The van der Waals surface area contributed by atoms with Crippen LogP contribution in [0.3, 0.4) is 0 Å². The van der Waals surface area contributed by atoms with Crippen LogP contribution in [0.5, 0.6) is 0 Å². The zero-order valence-corrected chi connectivity index (χ0v) is 21.1. The molecule has 8 heteroatoms. The lowest BCUT2D eigenvalue weighted by Crippen LogP contribution is -2.38. The Balaban J connectivity index is 0.000000311. The van der Waals surface area contributed by atoms with Crippen LogP contribution < -0.4 is 16.0 Å². The van der Waals surface area contributed by atoms with Crippen molar-refractivity contribution in [1.82, 2.24) is 20.9 Å². The van der Waals surface area contributed by atoms with Crippen molar-refractivity contribution in [2.45, 2.75) is 115 Å². The van der Waals surface area contributed by atoms with Gasteiger partial charge in [-0.15, -0.1) is 0 Å². The highest BCUT2D eigenvalue weighted by Gasteiger charge is 2.29. The van der Waals surface area contributed by atoms with Gasteiger partial charge in [0.2, 0.25) is 0 Å². The quantitative estimate of drug-likeness (QED) is 0.616. The topological polar surface area (TPSA) is 91.9 Å². The Hall–Kier alpha value is -1.54. The van der Waals surface area contributed by atoms with Crippen LogP contribution in [-0.4, -0.2) is 73.6 Å². The van der Waals surface area contributed by atoms with E-state index in [4.69, 9.17) is 9.47 Å². The zero-order chi connectivity index (χ0) is 23.8. The number of carbonyl (C=O) groups excluding carboxylic acids is 2. The summed E-state index contributed by atoms with van der Waals surface area (Å²) in [6.07, 6.45) is 5.76. The van der Waals surface area contributed by atoms with Gasteiger partial charge in [0.05, 0.1) is 0 Å². The van der Waals surface area contributed by atoms with Gasteiger partial charge in [0, 0.05) is 24.2 Å². The molecule has 0 saturated heterocycles. The molecule has 0 unspecified atom stereocenters. The fraction of sp³-hybridized carbons (Fsp3) is 0.913. The normalized spacial score (nSPS) is 26.1. The average Bonchev–Trinajstić information content (AvgIpc) is 3.21. The van der Waals surface area contributed by atoms with Crippen LogP contribution in [0, 0.1) is 0 Å². The molecular formula is C23H46N4O4. The molecule has 0 aromatic heterocycles. The van der Waals surface area contributed by atoms with Crippen LogP contribution in [0.25, 0.3) is 0 Å². The third-order valence-electron chi connectivity index (χ3n) is 5.42. The van der Waals surface area contributed by atoms with Gasteiger partial charge in [-0.05, 0) is 101 Å². The molecule has 2 aliphatic carbocycles. The maximum atomic E-state index is 11.5. The lowest BCUT2D eigenvalue weighted by molar-refractivity contribution is 0.0492. The van der Waals surface area contributed by atoms with Gasteiger partial charge in [-0.25, -0.2) is 9.59 Å². The molecule has 0 aromatic carbocycles. The fourth-order valence-corrected chi connectivity index (χ4v) is 3.88. The summed E-state index contributed by atoms with van der Waals surface area (Å²) in [5.74, 6) is 0. The Morgan fingerprint density at radius 2 is 1.16 bits per heavy atom. The van der Waals surface area contributed by atoms with Crippen LogP contribution in [0.4, 0.5) is 9.59 Å². The van der Waals surface area contributed by atoms with E-state index in [1.54, 1.807) is 0 Å². The molecule has 182 valence electrons. The molecule has 8 nitrogen and oxygen atoms in total. The predicted molar refractivity (Wildman–Crippen MR) is 124 cm³/mol. The lowest BCUT2D eigenvalue weighted by atomic mass is 10.2. The lowest BCUT2D eigenvalue weighted by Gasteiger charge is -2.22. The van der Waals surface area contributed by atoms with Gasteiger partial charge in [-0.3, -0.25) is 0 Å². The summed E-state index contributed by atoms with van der Waals surface area (Å²) in [7, 11) is 6.13. The van der Waals surface area contributed by atoms with Crippen molar-refractivity contribution in [3.63, 3.8) is 0 Å². The van der Waals surface area contributed by atoms with E-state index in [0.29, 0.717) is 12.1 Å². The Morgan fingerprint density at radius 1 is 0.742 bits per heavy atom. The van der Waals surface area contributed by atoms with Gasteiger partial charge < -0.3 is 30.3 Å². The highest BCUT2D eigenvalue weighted by atomic mass is 16.6. The number of nitrogens with zero attached hydrogens (tertiary/aromatic N) is 1. The molecule has 0 bridgehead atoms. The van der Waals surface area contributed by atoms with Gasteiger partial charge in [-0.2, -0.15) is 0 Å². The Kier molecular flexibility index (Phi) is 10.6. The second kappa shape index (κ2) is 11.9. The van der Waals surface area contributed by atoms with Crippen LogP contribution >= 0.6 is 0 Å². The van der Waals surface area contributed by atoms with E-state index in [1.165, 1.54) is 0 Å². The van der Waals surface area contributed by atoms with Crippen molar-refractivity contribution in [3.05, 3.63) is 0 Å². The van der Waals surface area contributed by atoms with Gasteiger partial charge in [0.1, 0.15) is 11.2 Å². The first-order chi connectivity index (χ1) is 14.2. The molecule has 0 heterocycles. The van der Waals surface area contributed by atoms with Gasteiger partial charge >= 0.3 is 12.2 Å². The Bertz CT molecular complexity index is 569. The first kappa shape index (κ1) is 27.5. The Morgan fingerprint density at radius 3 is 1.52 bits per heavy atom. The van der Waals surface area contributed by atoms with E-state index < -0.39 is 11.2 Å². The van der Waals surface area contributed by atoms with E-state index in [0.717, 1.165) is 38.5 Å². The maximum Gasteiger partial charge on any atom is 0.407 e. The highest BCUT2D eigenvalue weighted by molar-refractivity contribution is 5.68.